The maximum Gasteiger partial charge on any atom is 0.301 e. The van der Waals surface area contributed by atoms with Gasteiger partial charge >= 0.3 is 5.91 Å². The van der Waals surface area contributed by atoms with Gasteiger partial charge in [-0.2, -0.15) is 0 Å². The Morgan fingerprint density at radius 3 is 2.37 bits per heavy atom. The number of aromatic nitrogens is 1. The van der Waals surface area contributed by atoms with Crippen molar-refractivity contribution < 1.29 is 19.1 Å². The highest BCUT2D eigenvalue weighted by Crippen LogP contribution is 2.44. The van der Waals surface area contributed by atoms with Gasteiger partial charge in [0.2, 0.25) is 0 Å². The average molecular weight is 487 g/mol. The van der Waals surface area contributed by atoms with E-state index in [0.29, 0.717) is 27.3 Å². The summed E-state index contributed by atoms with van der Waals surface area (Å²) in [6.07, 6.45) is 0. The molecule has 1 aliphatic heterocycles. The van der Waals surface area contributed by atoms with E-state index in [4.69, 9.17) is 0 Å². The maximum atomic E-state index is 13.8. The van der Waals surface area contributed by atoms with Crippen molar-refractivity contribution in [3.8, 4) is 0 Å². The molecule has 1 N–H and O–H groups in total. The number of amides is 1. The first kappa shape index (κ1) is 22.9. The lowest BCUT2D eigenvalue weighted by molar-refractivity contribution is -0.132. The number of nitrogens with zero attached hydrogens (tertiary/aromatic N) is 2. The lowest BCUT2D eigenvalue weighted by Crippen LogP contribution is -2.29. The molecule has 1 aliphatic rings. The van der Waals surface area contributed by atoms with Crippen LogP contribution in [0.1, 0.15) is 48.1 Å². The van der Waals surface area contributed by atoms with Gasteiger partial charge in [0.05, 0.1) is 21.8 Å². The summed E-state index contributed by atoms with van der Waals surface area (Å²) in [5.74, 6) is -1.91. The van der Waals surface area contributed by atoms with E-state index in [1.54, 1.807) is 18.2 Å². The second-order valence-corrected chi connectivity index (χ2v) is 9.97. The molecular formula is C28H23FN2O3S. The lowest BCUT2D eigenvalue weighted by atomic mass is 9.93. The summed E-state index contributed by atoms with van der Waals surface area (Å²) in [5.41, 5.74) is 3.77. The summed E-state index contributed by atoms with van der Waals surface area (Å²) in [6, 6.07) is 18.1. The Morgan fingerprint density at radius 2 is 1.71 bits per heavy atom. The number of halogens is 1. The first-order valence-electron chi connectivity index (χ1n) is 11.3. The third kappa shape index (κ3) is 4.02. The zero-order chi connectivity index (χ0) is 24.9. The number of rotatable bonds is 4. The van der Waals surface area contributed by atoms with E-state index in [2.05, 4.69) is 18.8 Å². The number of anilines is 1. The van der Waals surface area contributed by atoms with Crippen molar-refractivity contribution in [1.82, 2.24) is 4.98 Å². The fourth-order valence-corrected chi connectivity index (χ4v) is 5.28. The van der Waals surface area contributed by atoms with Crippen LogP contribution in [-0.4, -0.2) is 21.8 Å². The van der Waals surface area contributed by atoms with E-state index in [-0.39, 0.29) is 16.5 Å². The fourth-order valence-electron chi connectivity index (χ4n) is 4.26. The van der Waals surface area contributed by atoms with Crippen molar-refractivity contribution in [2.45, 2.75) is 32.7 Å². The number of carbonyl (C=O) groups excluding carboxylic acids is 2. The first-order chi connectivity index (χ1) is 16.7. The van der Waals surface area contributed by atoms with Crippen LogP contribution in [0.25, 0.3) is 16.0 Å². The smallest absolute Gasteiger partial charge is 0.301 e. The molecule has 5 rings (SSSR count). The summed E-state index contributed by atoms with van der Waals surface area (Å²) in [6.45, 7) is 6.09. The van der Waals surface area contributed by atoms with Crippen molar-refractivity contribution in [3.05, 3.63) is 100 Å². The van der Waals surface area contributed by atoms with Gasteiger partial charge in [-0.05, 0) is 42.2 Å². The highest BCUT2D eigenvalue weighted by molar-refractivity contribution is 7.22. The Hall–Kier alpha value is -3.84. The molecule has 0 unspecified atom stereocenters. The molecular weight excluding hydrogens is 463 g/mol. The van der Waals surface area contributed by atoms with E-state index in [0.717, 1.165) is 22.5 Å². The second kappa shape index (κ2) is 8.74. The maximum absolute atomic E-state index is 13.8. The molecule has 5 nitrogen and oxygen atoms in total. The third-order valence-corrected chi connectivity index (χ3v) is 7.25. The molecule has 1 aromatic heterocycles. The van der Waals surface area contributed by atoms with Crippen LogP contribution in [0.15, 0.2) is 72.3 Å². The molecule has 1 amide bonds. The number of Topliss-reactive ketones (excluding diaryl/α,β-unsaturated/α-hetero) is 1. The van der Waals surface area contributed by atoms with E-state index in [1.165, 1.54) is 17.0 Å². The summed E-state index contributed by atoms with van der Waals surface area (Å²) in [4.78, 5) is 32.5. The SMILES string of the molecule is Cc1ccc(C(O)=C2C(=O)C(=O)N(c3nc4ccc(F)cc4s3)[C@H]2c2ccc(C(C)C)cc2)cc1. The van der Waals surface area contributed by atoms with Gasteiger partial charge in [-0.25, -0.2) is 9.37 Å². The van der Waals surface area contributed by atoms with Gasteiger partial charge in [0, 0.05) is 5.56 Å². The largest absolute Gasteiger partial charge is 0.507 e. The molecule has 1 saturated heterocycles. The minimum absolute atomic E-state index is 0.00147. The van der Waals surface area contributed by atoms with Gasteiger partial charge in [-0.15, -0.1) is 0 Å². The van der Waals surface area contributed by atoms with Crippen LogP contribution in [-0.2, 0) is 9.59 Å². The predicted octanol–water partition coefficient (Wildman–Crippen LogP) is 6.49. The van der Waals surface area contributed by atoms with Crippen molar-refractivity contribution in [2.24, 2.45) is 0 Å². The van der Waals surface area contributed by atoms with Crippen LogP contribution < -0.4 is 4.90 Å². The number of aliphatic hydroxyl groups is 1. The van der Waals surface area contributed by atoms with E-state index >= 15 is 0 Å². The molecule has 1 atom stereocenters. The number of thiazole rings is 1. The average Bonchev–Trinajstić information content (AvgIpc) is 3.37. The van der Waals surface area contributed by atoms with Crippen LogP contribution in [0.4, 0.5) is 9.52 Å². The number of ketones is 1. The van der Waals surface area contributed by atoms with Gasteiger partial charge in [0.15, 0.2) is 5.13 Å². The molecule has 4 aromatic rings. The molecule has 3 aromatic carbocycles. The minimum atomic E-state index is -0.872. The van der Waals surface area contributed by atoms with Crippen molar-refractivity contribution in [1.29, 1.82) is 0 Å². The molecule has 0 radical (unpaired) electrons. The van der Waals surface area contributed by atoms with Gasteiger partial charge in [0.25, 0.3) is 5.78 Å². The van der Waals surface area contributed by atoms with Gasteiger partial charge in [-0.3, -0.25) is 14.5 Å². The molecule has 176 valence electrons. The number of aliphatic hydroxyl groups excluding tert-OH is 1. The number of aryl methyl sites for hydroxylation is 1. The van der Waals surface area contributed by atoms with Crippen LogP contribution in [0.2, 0.25) is 0 Å². The number of fused-ring (bicyclic) bond motifs is 1. The van der Waals surface area contributed by atoms with Crippen molar-refractivity contribution in [3.63, 3.8) is 0 Å². The molecule has 0 aliphatic carbocycles. The van der Waals surface area contributed by atoms with Crippen molar-refractivity contribution >= 4 is 44.1 Å². The Balaban J connectivity index is 1.71. The number of carbonyl (C=O) groups is 2. The molecule has 2 heterocycles. The van der Waals surface area contributed by atoms with Gasteiger partial charge in [-0.1, -0.05) is 79.3 Å². The van der Waals surface area contributed by atoms with Crippen molar-refractivity contribution in [2.75, 3.05) is 4.90 Å². The summed E-state index contributed by atoms with van der Waals surface area (Å²) < 4.78 is 14.4. The molecule has 35 heavy (non-hydrogen) atoms. The number of hydrogen-bond acceptors (Lipinski definition) is 5. The van der Waals surface area contributed by atoms with E-state index in [9.17, 15) is 19.1 Å². The summed E-state index contributed by atoms with van der Waals surface area (Å²) in [7, 11) is 0. The van der Waals surface area contributed by atoms with E-state index in [1.807, 2.05) is 43.3 Å². The van der Waals surface area contributed by atoms with Gasteiger partial charge < -0.3 is 5.11 Å². The Labute approximate surface area is 206 Å². The Kier molecular flexibility index (Phi) is 5.73. The zero-order valence-corrected chi connectivity index (χ0v) is 20.3. The number of benzene rings is 3. The standard InChI is InChI=1S/C28H23FN2O3S/c1-15(2)17-8-10-18(11-9-17)24-23(25(32)19-6-4-16(3)5-7-19)26(33)27(34)31(24)28-30-21-13-12-20(29)14-22(21)35-28/h4-15,24,32H,1-3H3/t24-/m0/s1. The quantitative estimate of drug-likeness (QED) is 0.203. The highest BCUT2D eigenvalue weighted by Gasteiger charge is 2.48. The Morgan fingerprint density at radius 1 is 1.03 bits per heavy atom. The second-order valence-electron chi connectivity index (χ2n) is 8.96. The molecule has 0 saturated carbocycles. The van der Waals surface area contributed by atoms with Gasteiger partial charge in [0.1, 0.15) is 11.6 Å². The topological polar surface area (TPSA) is 70.5 Å². The first-order valence-corrected chi connectivity index (χ1v) is 12.1. The van der Waals surface area contributed by atoms with Crippen LogP contribution in [0.3, 0.4) is 0 Å². The Bertz CT molecular complexity index is 1490. The zero-order valence-electron chi connectivity index (χ0n) is 19.4. The van der Waals surface area contributed by atoms with Crippen LogP contribution in [0.5, 0.6) is 0 Å². The molecule has 7 heteroatoms. The van der Waals surface area contributed by atoms with Crippen LogP contribution >= 0.6 is 11.3 Å². The molecule has 0 bridgehead atoms. The minimum Gasteiger partial charge on any atom is -0.507 e. The molecule has 1 fully saturated rings. The third-order valence-electron chi connectivity index (χ3n) is 6.23. The normalized spacial score (nSPS) is 17.6. The summed E-state index contributed by atoms with van der Waals surface area (Å²) in [5, 5.41) is 11.5. The monoisotopic (exact) mass is 486 g/mol. The highest BCUT2D eigenvalue weighted by atomic mass is 32.1. The fraction of sp³-hybridized carbons (Fsp3) is 0.179. The summed E-state index contributed by atoms with van der Waals surface area (Å²) >= 11 is 1.13. The number of hydrogen-bond donors (Lipinski definition) is 1. The van der Waals surface area contributed by atoms with E-state index < -0.39 is 23.5 Å². The van der Waals surface area contributed by atoms with Crippen LogP contribution in [0, 0.1) is 12.7 Å². The predicted molar refractivity (Wildman–Crippen MR) is 136 cm³/mol. The lowest BCUT2D eigenvalue weighted by Gasteiger charge is -2.23. The molecule has 0 spiro atoms.